The first-order chi connectivity index (χ1) is 11.9. The molecule has 0 atom stereocenters. The SMILES string of the molecule is CCCCC1=[C-]CC=C1.[CH3-].[CH3-].[SiH2]=[Ti].[c-]1cccc2c1Cc1ccccc1-2. The van der Waals surface area contributed by atoms with Crippen molar-refractivity contribution in [2.45, 2.75) is 39.0 Å². The number of rotatable bonds is 3. The van der Waals surface area contributed by atoms with Crippen LogP contribution in [0.4, 0.5) is 0 Å². The van der Waals surface area contributed by atoms with Gasteiger partial charge in [-0.25, -0.2) is 11.6 Å². The second kappa shape index (κ2) is 14.0. The minimum atomic E-state index is 0. The fourth-order valence-corrected chi connectivity index (χ4v) is 2.99. The fraction of sp³-hybridized carbons (Fsp3) is 0.250. The second-order valence-electron chi connectivity index (χ2n) is 5.81. The van der Waals surface area contributed by atoms with Gasteiger partial charge in [-0.3, -0.25) is 6.08 Å². The van der Waals surface area contributed by atoms with Crippen LogP contribution in [0, 0.1) is 27.0 Å². The first-order valence-electron chi connectivity index (χ1n) is 8.58. The number of fused-ring (bicyclic) bond motifs is 3. The molecule has 26 heavy (non-hydrogen) atoms. The third-order valence-electron chi connectivity index (χ3n) is 4.18. The Bertz CT molecular complexity index is 672. The van der Waals surface area contributed by atoms with Gasteiger partial charge in [0.2, 0.25) is 0 Å². The number of benzene rings is 2. The van der Waals surface area contributed by atoms with Gasteiger partial charge in [0, 0.05) is 0 Å². The predicted octanol–water partition coefficient (Wildman–Crippen LogP) is 5.91. The van der Waals surface area contributed by atoms with Gasteiger partial charge in [0.05, 0.1) is 0 Å². The van der Waals surface area contributed by atoms with Crippen LogP contribution in [0.2, 0.25) is 0 Å². The first-order valence-corrected chi connectivity index (χ1v) is 12.6. The fourth-order valence-electron chi connectivity index (χ4n) is 2.99. The van der Waals surface area contributed by atoms with Crippen LogP contribution < -0.4 is 0 Å². The van der Waals surface area contributed by atoms with E-state index in [1.165, 1.54) is 47.1 Å². The topological polar surface area (TPSA) is 0 Å². The summed E-state index contributed by atoms with van der Waals surface area (Å²) in [6, 6.07) is 18.1. The molecule has 0 saturated carbocycles. The summed E-state index contributed by atoms with van der Waals surface area (Å²) in [5, 5.41) is 0. The normalized spacial score (nSPS) is 11.9. The molecule has 0 bridgehead atoms. The summed E-state index contributed by atoms with van der Waals surface area (Å²) in [7, 11) is 1.86. The van der Waals surface area contributed by atoms with Crippen molar-refractivity contribution in [1.82, 2.24) is 0 Å². The average Bonchev–Trinajstić information content (AvgIpc) is 3.29. The first kappa shape index (κ1) is 24.9. The van der Waals surface area contributed by atoms with Crippen molar-refractivity contribution in [1.29, 1.82) is 0 Å². The Morgan fingerprint density at radius 3 is 2.46 bits per heavy atom. The average molecular weight is 394 g/mol. The summed E-state index contributed by atoms with van der Waals surface area (Å²) < 4.78 is 0. The van der Waals surface area contributed by atoms with Gasteiger partial charge in [-0.15, -0.1) is 12.0 Å². The summed E-state index contributed by atoms with van der Waals surface area (Å²) >= 11 is 2.03. The summed E-state index contributed by atoms with van der Waals surface area (Å²) in [6.45, 7) is 2.22. The molecule has 0 amide bonds. The van der Waals surface area contributed by atoms with Crippen LogP contribution in [0.1, 0.15) is 43.7 Å². The zero-order valence-corrected chi connectivity index (χ0v) is 19.4. The van der Waals surface area contributed by atoms with Crippen LogP contribution >= 0.6 is 0 Å². The summed E-state index contributed by atoms with van der Waals surface area (Å²) in [5.74, 6) is 0. The predicted molar refractivity (Wildman–Crippen MR) is 115 cm³/mol. The van der Waals surface area contributed by atoms with Crippen LogP contribution in [-0.4, -0.2) is 7.63 Å². The molecule has 2 aromatic carbocycles. The molecule has 0 N–H and O–H groups in total. The van der Waals surface area contributed by atoms with Crippen LogP contribution in [-0.2, 0) is 25.6 Å². The third kappa shape index (κ3) is 6.87. The number of allylic oxidation sites excluding steroid dienone is 4. The largest absolute Gasteiger partial charge is 0.179 e. The van der Waals surface area contributed by atoms with Gasteiger partial charge < -0.3 is 14.9 Å². The number of unbranched alkanes of at least 4 members (excludes halogenated alkanes) is 1. The molecule has 138 valence electrons. The smallest absolute Gasteiger partial charge is 0.0253 e. The summed E-state index contributed by atoms with van der Waals surface area (Å²) in [4.78, 5) is 0. The second-order valence-corrected chi connectivity index (χ2v) is 5.81. The minimum Gasteiger partial charge on any atom is -0.179 e. The standard InChI is InChI=1S/C13H9.C9H13.2CH3.H2Si.Ti/c1-3-7-12-10(5-1)9-11-6-2-4-8-13(11)12;1-2-3-6-9-7-4-5-8-9;;;;/h1-5,7-8H,9H2;4,7H,2-3,5-6H2,1H3;2*1H3;1H2;/q4*-1;;. The maximum atomic E-state index is 3.30. The van der Waals surface area contributed by atoms with Crippen LogP contribution in [0.5, 0.6) is 0 Å². The van der Waals surface area contributed by atoms with Gasteiger partial charge in [-0.2, -0.15) is 35.9 Å². The molecule has 2 aliphatic rings. The van der Waals surface area contributed by atoms with Crippen molar-refractivity contribution < 1.29 is 19.2 Å². The van der Waals surface area contributed by atoms with E-state index >= 15 is 0 Å². The number of hydrogen-bond acceptors (Lipinski definition) is 0. The third-order valence-corrected chi connectivity index (χ3v) is 4.18. The maximum absolute atomic E-state index is 3.30. The van der Waals surface area contributed by atoms with Crippen molar-refractivity contribution in [2.24, 2.45) is 0 Å². The molecule has 0 saturated heterocycles. The van der Waals surface area contributed by atoms with Crippen LogP contribution in [0.15, 0.2) is 60.2 Å². The molecule has 0 nitrogen and oxygen atoms in total. The van der Waals surface area contributed by atoms with E-state index in [2.05, 4.69) is 67.6 Å². The Balaban J connectivity index is 0.000000431. The van der Waals surface area contributed by atoms with Gasteiger partial charge in [0.1, 0.15) is 0 Å². The molecule has 0 spiro atoms. The van der Waals surface area contributed by atoms with E-state index in [1.807, 2.05) is 32.9 Å². The van der Waals surface area contributed by atoms with Crippen molar-refractivity contribution in [3.8, 4) is 11.1 Å². The van der Waals surface area contributed by atoms with E-state index < -0.39 is 0 Å². The molecular weight excluding hydrogens is 364 g/mol. The summed E-state index contributed by atoms with van der Waals surface area (Å²) in [5.41, 5.74) is 6.92. The van der Waals surface area contributed by atoms with Crippen molar-refractivity contribution >= 4 is 7.63 Å². The summed E-state index contributed by atoms with van der Waals surface area (Å²) in [6.07, 6.45) is 13.6. The molecule has 0 aliphatic heterocycles. The Labute approximate surface area is 174 Å². The number of hydrogen-bond donors (Lipinski definition) is 0. The van der Waals surface area contributed by atoms with E-state index in [0.29, 0.717) is 0 Å². The minimum absolute atomic E-state index is 0. The van der Waals surface area contributed by atoms with Gasteiger partial charge in [0.25, 0.3) is 0 Å². The Morgan fingerprint density at radius 2 is 1.77 bits per heavy atom. The molecule has 0 aromatic heterocycles. The zero-order valence-electron chi connectivity index (χ0n) is 16.4. The van der Waals surface area contributed by atoms with E-state index in [-0.39, 0.29) is 14.9 Å². The van der Waals surface area contributed by atoms with Crippen molar-refractivity contribution in [2.75, 3.05) is 0 Å². The molecule has 2 aromatic rings. The molecule has 4 rings (SSSR count). The monoisotopic (exact) mass is 394 g/mol. The van der Waals surface area contributed by atoms with Crippen LogP contribution in [0.3, 0.4) is 0 Å². The molecule has 2 heteroatoms. The Kier molecular flexibility index (Phi) is 13.4. The van der Waals surface area contributed by atoms with Gasteiger partial charge in [-0.05, 0) is 6.42 Å². The van der Waals surface area contributed by atoms with Crippen molar-refractivity contribution in [3.63, 3.8) is 0 Å². The Hall–Kier alpha value is -1.15. The molecule has 2 aliphatic carbocycles. The van der Waals surface area contributed by atoms with Crippen molar-refractivity contribution in [3.05, 3.63) is 98.3 Å². The van der Waals surface area contributed by atoms with E-state index in [4.69, 9.17) is 0 Å². The maximum Gasteiger partial charge on any atom is -0.0253 e. The molecule has 0 heterocycles. The molecule has 0 radical (unpaired) electrons. The molecule has 0 fully saturated rings. The van der Waals surface area contributed by atoms with Gasteiger partial charge >= 0.3 is 26.8 Å². The van der Waals surface area contributed by atoms with E-state index in [0.717, 1.165) is 12.8 Å². The zero-order chi connectivity index (χ0) is 17.2. The molecular formula is C24H30SiTi-4. The van der Waals surface area contributed by atoms with Crippen LogP contribution in [0.25, 0.3) is 11.1 Å². The molecule has 0 unspecified atom stereocenters. The van der Waals surface area contributed by atoms with E-state index in [9.17, 15) is 0 Å². The quantitative estimate of drug-likeness (QED) is 0.383. The van der Waals surface area contributed by atoms with Gasteiger partial charge in [0.15, 0.2) is 0 Å². The Morgan fingerprint density at radius 1 is 1.04 bits per heavy atom. The van der Waals surface area contributed by atoms with E-state index in [1.54, 1.807) is 0 Å². The van der Waals surface area contributed by atoms with Gasteiger partial charge in [-0.1, -0.05) is 61.6 Å².